The molecule has 37 heavy (non-hydrogen) atoms. The van der Waals surface area contributed by atoms with Crippen LogP contribution in [0.3, 0.4) is 0 Å². The maximum Gasteiger partial charge on any atom is 0.412 e. The van der Waals surface area contributed by atoms with Crippen LogP contribution in [-0.4, -0.2) is 32.9 Å². The number of fused-ring (bicyclic) bond motifs is 3. The number of aromatic nitrogens is 2. The van der Waals surface area contributed by atoms with E-state index in [0.717, 1.165) is 38.6 Å². The molecule has 1 heterocycles. The normalized spacial score (nSPS) is 24.2. The molecule has 0 radical (unpaired) electrons. The van der Waals surface area contributed by atoms with Crippen LogP contribution >= 0.6 is 0 Å². The number of nitrogens with zero attached hydrogens (tertiary/aromatic N) is 2. The van der Waals surface area contributed by atoms with Gasteiger partial charge >= 0.3 is 6.09 Å². The highest BCUT2D eigenvalue weighted by Gasteiger charge is 2.51. The van der Waals surface area contributed by atoms with Gasteiger partial charge in [0.05, 0.1) is 6.33 Å². The third kappa shape index (κ3) is 5.57. The summed E-state index contributed by atoms with van der Waals surface area (Å²) in [6, 6.07) is 16.7. The SMILES string of the molecule is CC#C[C@@]1(O)CC[C@]2(Cc3ccccc3)c3ccc(OC(=O)NCCCn4ccnc4)cc3CC[C@H]2C1. The summed E-state index contributed by atoms with van der Waals surface area (Å²) >= 11 is 0. The predicted molar refractivity (Wildman–Crippen MR) is 143 cm³/mol. The van der Waals surface area contributed by atoms with E-state index < -0.39 is 11.7 Å². The van der Waals surface area contributed by atoms with Crippen molar-refractivity contribution in [2.45, 2.75) is 69.4 Å². The van der Waals surface area contributed by atoms with E-state index in [0.29, 0.717) is 31.1 Å². The molecule has 1 amide bonds. The van der Waals surface area contributed by atoms with Crippen LogP contribution in [0.1, 0.15) is 55.7 Å². The molecule has 192 valence electrons. The monoisotopic (exact) mass is 497 g/mol. The van der Waals surface area contributed by atoms with Crippen molar-refractivity contribution in [3.8, 4) is 17.6 Å². The van der Waals surface area contributed by atoms with Crippen molar-refractivity contribution in [1.29, 1.82) is 0 Å². The van der Waals surface area contributed by atoms with Gasteiger partial charge in [-0.25, -0.2) is 9.78 Å². The predicted octanol–water partition coefficient (Wildman–Crippen LogP) is 5.04. The fourth-order valence-electron chi connectivity index (χ4n) is 6.38. The van der Waals surface area contributed by atoms with E-state index in [1.165, 1.54) is 16.7 Å². The molecule has 0 bridgehead atoms. The molecule has 1 saturated carbocycles. The number of carbonyl (C=O) groups excluding carboxylic acids is 1. The van der Waals surface area contributed by atoms with Gasteiger partial charge in [0, 0.05) is 30.9 Å². The molecular weight excluding hydrogens is 462 g/mol. The molecule has 3 aromatic rings. The number of carbonyl (C=O) groups is 1. The van der Waals surface area contributed by atoms with Crippen LogP contribution in [-0.2, 0) is 24.8 Å². The van der Waals surface area contributed by atoms with Gasteiger partial charge in [-0.2, -0.15) is 0 Å². The van der Waals surface area contributed by atoms with Crippen LogP contribution in [0, 0.1) is 17.8 Å². The number of aliphatic hydroxyl groups is 1. The molecule has 2 aliphatic carbocycles. The van der Waals surface area contributed by atoms with E-state index >= 15 is 0 Å². The van der Waals surface area contributed by atoms with Crippen LogP contribution in [0.5, 0.6) is 5.75 Å². The first-order valence-corrected chi connectivity index (χ1v) is 13.2. The first-order chi connectivity index (χ1) is 18.0. The molecule has 0 aliphatic heterocycles. The standard InChI is InChI=1S/C31H35N3O3/c1-2-13-30(36)14-15-31(21-24-7-4-3-5-8-24)26(22-30)10-9-25-20-27(11-12-28(25)31)37-29(35)33-16-6-18-34-19-17-32-23-34/h3-5,7-8,11-12,17,19-20,23,26,36H,6,9-10,14-16,18,21-22H2,1H3,(H,33,35)/t26-,30+,31+/m0/s1. The zero-order chi connectivity index (χ0) is 25.7. The molecule has 1 fully saturated rings. The molecule has 3 atom stereocenters. The number of hydrogen-bond acceptors (Lipinski definition) is 4. The van der Waals surface area contributed by atoms with E-state index in [1.807, 2.05) is 22.9 Å². The zero-order valence-electron chi connectivity index (χ0n) is 21.5. The Morgan fingerprint density at radius 3 is 2.89 bits per heavy atom. The minimum atomic E-state index is -0.907. The summed E-state index contributed by atoms with van der Waals surface area (Å²) in [6.07, 6.45) is 10.8. The second kappa shape index (κ2) is 10.8. The molecule has 2 N–H and O–H groups in total. The molecular formula is C31H35N3O3. The van der Waals surface area contributed by atoms with Crippen molar-refractivity contribution in [1.82, 2.24) is 14.9 Å². The van der Waals surface area contributed by atoms with E-state index in [1.54, 1.807) is 19.4 Å². The van der Waals surface area contributed by atoms with E-state index in [2.05, 4.69) is 58.5 Å². The second-order valence-corrected chi connectivity index (χ2v) is 10.5. The van der Waals surface area contributed by atoms with Crippen LogP contribution < -0.4 is 10.1 Å². The fourth-order valence-corrected chi connectivity index (χ4v) is 6.38. The Hall–Kier alpha value is -3.56. The van der Waals surface area contributed by atoms with Gasteiger partial charge in [-0.05, 0) is 86.6 Å². The fraction of sp³-hybridized carbons (Fsp3) is 0.419. The van der Waals surface area contributed by atoms with Gasteiger partial charge in [-0.15, -0.1) is 5.92 Å². The van der Waals surface area contributed by atoms with E-state index in [9.17, 15) is 9.90 Å². The van der Waals surface area contributed by atoms with Crippen LogP contribution in [0.15, 0.2) is 67.3 Å². The Morgan fingerprint density at radius 2 is 2.11 bits per heavy atom. The minimum Gasteiger partial charge on any atom is -0.410 e. The highest BCUT2D eigenvalue weighted by molar-refractivity contribution is 5.70. The molecule has 6 nitrogen and oxygen atoms in total. The first-order valence-electron chi connectivity index (χ1n) is 13.2. The second-order valence-electron chi connectivity index (χ2n) is 10.5. The minimum absolute atomic E-state index is 0.0648. The lowest BCUT2D eigenvalue weighted by molar-refractivity contribution is -0.00804. The van der Waals surface area contributed by atoms with Gasteiger partial charge in [-0.3, -0.25) is 0 Å². The summed E-state index contributed by atoms with van der Waals surface area (Å²) < 4.78 is 7.62. The average molecular weight is 498 g/mol. The zero-order valence-corrected chi connectivity index (χ0v) is 21.5. The van der Waals surface area contributed by atoms with Gasteiger partial charge in [0.15, 0.2) is 0 Å². The Kier molecular flexibility index (Phi) is 7.34. The van der Waals surface area contributed by atoms with Crippen molar-refractivity contribution in [3.05, 3.63) is 83.9 Å². The number of benzene rings is 2. The summed E-state index contributed by atoms with van der Waals surface area (Å²) in [4.78, 5) is 16.4. The molecule has 2 aromatic carbocycles. The number of imidazole rings is 1. The molecule has 0 saturated heterocycles. The molecule has 0 spiro atoms. The Balaban J connectivity index is 1.32. The Morgan fingerprint density at radius 1 is 1.24 bits per heavy atom. The first kappa shape index (κ1) is 25.1. The lowest BCUT2D eigenvalue weighted by Gasteiger charge is -2.52. The van der Waals surface area contributed by atoms with Gasteiger partial charge in [0.2, 0.25) is 0 Å². The molecule has 6 heteroatoms. The smallest absolute Gasteiger partial charge is 0.410 e. The third-order valence-electron chi connectivity index (χ3n) is 8.08. The number of rotatable bonds is 7. The number of amides is 1. The maximum absolute atomic E-state index is 12.4. The van der Waals surface area contributed by atoms with Gasteiger partial charge < -0.3 is 19.7 Å². The van der Waals surface area contributed by atoms with Gasteiger partial charge in [0.1, 0.15) is 11.4 Å². The van der Waals surface area contributed by atoms with Gasteiger partial charge in [0.25, 0.3) is 0 Å². The number of ether oxygens (including phenoxy) is 1. The molecule has 1 aromatic heterocycles. The van der Waals surface area contributed by atoms with Gasteiger partial charge in [-0.1, -0.05) is 42.3 Å². The lowest BCUT2D eigenvalue weighted by atomic mass is 9.52. The Labute approximate surface area is 219 Å². The number of aryl methyl sites for hydroxylation is 2. The highest BCUT2D eigenvalue weighted by atomic mass is 16.6. The topological polar surface area (TPSA) is 76.4 Å². The van der Waals surface area contributed by atoms with E-state index in [4.69, 9.17) is 4.74 Å². The van der Waals surface area contributed by atoms with Crippen molar-refractivity contribution in [2.24, 2.45) is 5.92 Å². The van der Waals surface area contributed by atoms with Crippen molar-refractivity contribution < 1.29 is 14.6 Å². The summed E-state index contributed by atoms with van der Waals surface area (Å²) in [6.45, 7) is 3.13. The van der Waals surface area contributed by atoms with Crippen molar-refractivity contribution >= 4 is 6.09 Å². The average Bonchev–Trinajstić information content (AvgIpc) is 3.41. The van der Waals surface area contributed by atoms with Crippen molar-refractivity contribution in [3.63, 3.8) is 0 Å². The summed E-state index contributed by atoms with van der Waals surface area (Å²) in [5.41, 5.74) is 2.90. The Bertz CT molecular complexity index is 1280. The maximum atomic E-state index is 12.4. The summed E-state index contributed by atoms with van der Waals surface area (Å²) in [5, 5.41) is 14.0. The lowest BCUT2D eigenvalue weighted by Crippen LogP contribution is -2.50. The summed E-state index contributed by atoms with van der Waals surface area (Å²) in [7, 11) is 0. The summed E-state index contributed by atoms with van der Waals surface area (Å²) in [5.74, 6) is 6.95. The van der Waals surface area contributed by atoms with E-state index in [-0.39, 0.29) is 5.41 Å². The van der Waals surface area contributed by atoms with Crippen LogP contribution in [0.2, 0.25) is 0 Å². The number of nitrogens with one attached hydrogen (secondary N) is 1. The van der Waals surface area contributed by atoms with Crippen LogP contribution in [0.25, 0.3) is 0 Å². The molecule has 2 aliphatic rings. The third-order valence-corrected chi connectivity index (χ3v) is 8.08. The molecule has 0 unspecified atom stereocenters. The van der Waals surface area contributed by atoms with Crippen LogP contribution in [0.4, 0.5) is 4.79 Å². The largest absolute Gasteiger partial charge is 0.412 e. The van der Waals surface area contributed by atoms with Crippen molar-refractivity contribution in [2.75, 3.05) is 6.54 Å². The molecule has 5 rings (SSSR count). The number of hydrogen-bond donors (Lipinski definition) is 2. The quantitative estimate of drug-likeness (QED) is 0.354. The highest BCUT2D eigenvalue weighted by Crippen LogP contribution is 2.54.